The zero-order valence-corrected chi connectivity index (χ0v) is 13.2. The van der Waals surface area contributed by atoms with Gasteiger partial charge in [0.05, 0.1) is 12.0 Å². The average Bonchev–Trinajstić information content (AvgIpc) is 2.30. The van der Waals surface area contributed by atoms with Gasteiger partial charge in [-0.1, -0.05) is 41.0 Å². The smallest absolute Gasteiger partial charge is 0.141 e. The number of rotatable bonds is 10. The summed E-state index contributed by atoms with van der Waals surface area (Å²) in [4.78, 5) is 12.6. The lowest BCUT2D eigenvalue weighted by atomic mass is 9.69. The van der Waals surface area contributed by atoms with Crippen LogP contribution in [0.5, 0.6) is 0 Å². The van der Waals surface area contributed by atoms with Gasteiger partial charge >= 0.3 is 0 Å². The maximum Gasteiger partial charge on any atom is 0.141 e. The second-order valence-electron chi connectivity index (χ2n) is 6.20. The second kappa shape index (κ2) is 8.68. The molecule has 0 rings (SSSR count). The third-order valence-corrected chi connectivity index (χ3v) is 3.99. The molecule has 108 valence electrons. The Morgan fingerprint density at radius 2 is 1.83 bits per heavy atom. The first-order valence-electron chi connectivity index (χ1n) is 7.43. The van der Waals surface area contributed by atoms with E-state index in [0.29, 0.717) is 30.6 Å². The van der Waals surface area contributed by atoms with Crippen molar-refractivity contribution in [1.29, 1.82) is 0 Å². The quantitative estimate of drug-likeness (QED) is 0.576. The van der Waals surface area contributed by atoms with Crippen molar-refractivity contribution in [3.63, 3.8) is 0 Å². The van der Waals surface area contributed by atoms with E-state index < -0.39 is 0 Å². The highest BCUT2D eigenvalue weighted by atomic mass is 16.5. The minimum absolute atomic E-state index is 0.270. The van der Waals surface area contributed by atoms with E-state index in [9.17, 15) is 4.79 Å². The summed E-state index contributed by atoms with van der Waals surface area (Å²) in [5.41, 5.74) is -0.270. The predicted octanol–water partition coefficient (Wildman–Crippen LogP) is 4.47. The van der Waals surface area contributed by atoms with Crippen LogP contribution < -0.4 is 0 Å². The van der Waals surface area contributed by atoms with Gasteiger partial charge in [-0.25, -0.2) is 0 Å². The monoisotopic (exact) mass is 256 g/mol. The summed E-state index contributed by atoms with van der Waals surface area (Å²) in [6.45, 7) is 11.4. The third kappa shape index (κ3) is 5.09. The molecule has 18 heavy (non-hydrogen) atoms. The van der Waals surface area contributed by atoms with Crippen LogP contribution in [-0.4, -0.2) is 19.5 Å². The lowest BCUT2D eigenvalue weighted by Crippen LogP contribution is -2.41. The molecule has 1 atom stereocenters. The maximum atomic E-state index is 12.6. The first-order valence-corrected chi connectivity index (χ1v) is 7.43. The van der Waals surface area contributed by atoms with E-state index in [1.54, 1.807) is 7.11 Å². The SMILES string of the molecule is CCCCC(=O)C(CCC(C)C)(COC)C(C)C. The molecule has 0 bridgehead atoms. The first-order chi connectivity index (χ1) is 8.40. The van der Waals surface area contributed by atoms with Crippen LogP contribution in [-0.2, 0) is 9.53 Å². The van der Waals surface area contributed by atoms with Crippen molar-refractivity contribution in [2.75, 3.05) is 13.7 Å². The van der Waals surface area contributed by atoms with Gasteiger partial charge in [-0.3, -0.25) is 4.79 Å². The van der Waals surface area contributed by atoms with Gasteiger partial charge in [0.1, 0.15) is 5.78 Å². The first kappa shape index (κ1) is 17.6. The standard InChI is InChI=1S/C16H32O2/c1-7-8-9-15(17)16(12-18-6,14(4)5)11-10-13(2)3/h13-14H,7-12H2,1-6H3. The van der Waals surface area contributed by atoms with Crippen LogP contribution in [0.25, 0.3) is 0 Å². The number of ketones is 1. The molecule has 0 amide bonds. The van der Waals surface area contributed by atoms with Crippen LogP contribution >= 0.6 is 0 Å². The van der Waals surface area contributed by atoms with E-state index in [-0.39, 0.29) is 5.41 Å². The van der Waals surface area contributed by atoms with Crippen LogP contribution in [0.1, 0.15) is 66.7 Å². The average molecular weight is 256 g/mol. The molecular weight excluding hydrogens is 224 g/mol. The molecule has 0 aliphatic rings. The lowest BCUT2D eigenvalue weighted by molar-refractivity contribution is -0.136. The third-order valence-electron chi connectivity index (χ3n) is 3.99. The molecule has 0 heterocycles. The van der Waals surface area contributed by atoms with Gasteiger partial charge in [-0.2, -0.15) is 0 Å². The zero-order chi connectivity index (χ0) is 14.2. The zero-order valence-electron chi connectivity index (χ0n) is 13.2. The Kier molecular flexibility index (Phi) is 8.51. The van der Waals surface area contributed by atoms with Crippen LogP contribution in [0.3, 0.4) is 0 Å². The molecule has 0 radical (unpaired) electrons. The van der Waals surface area contributed by atoms with Gasteiger partial charge < -0.3 is 4.74 Å². The molecule has 0 aromatic rings. The summed E-state index contributed by atoms with van der Waals surface area (Å²) in [5, 5.41) is 0. The number of carbonyl (C=O) groups excluding carboxylic acids is 1. The minimum atomic E-state index is -0.270. The Hall–Kier alpha value is -0.370. The van der Waals surface area contributed by atoms with Crippen LogP contribution in [0.15, 0.2) is 0 Å². The van der Waals surface area contributed by atoms with Gasteiger partial charge in [0.15, 0.2) is 0 Å². The predicted molar refractivity (Wildman–Crippen MR) is 77.8 cm³/mol. The Balaban J connectivity index is 4.89. The molecule has 0 saturated heterocycles. The number of hydrogen-bond donors (Lipinski definition) is 0. The van der Waals surface area contributed by atoms with Crippen LogP contribution in [0, 0.1) is 17.3 Å². The molecule has 2 heteroatoms. The summed E-state index contributed by atoms with van der Waals surface area (Å²) in [6, 6.07) is 0. The fourth-order valence-electron chi connectivity index (χ4n) is 2.46. The highest BCUT2D eigenvalue weighted by molar-refractivity contribution is 5.85. The van der Waals surface area contributed by atoms with Gasteiger partial charge in [0.25, 0.3) is 0 Å². The normalized spacial score (nSPS) is 15.1. The molecule has 0 spiro atoms. The largest absolute Gasteiger partial charge is 0.384 e. The van der Waals surface area contributed by atoms with E-state index in [0.717, 1.165) is 25.7 Å². The molecule has 0 saturated carbocycles. The maximum absolute atomic E-state index is 12.6. The Morgan fingerprint density at radius 1 is 1.22 bits per heavy atom. The molecule has 0 fully saturated rings. The lowest BCUT2D eigenvalue weighted by Gasteiger charge is -2.36. The van der Waals surface area contributed by atoms with Gasteiger partial charge in [-0.05, 0) is 31.1 Å². The number of Topliss-reactive ketones (excluding diaryl/α,β-unsaturated/α-hetero) is 1. The van der Waals surface area contributed by atoms with Crippen molar-refractivity contribution < 1.29 is 9.53 Å². The second-order valence-corrected chi connectivity index (χ2v) is 6.20. The van der Waals surface area contributed by atoms with Crippen LogP contribution in [0.4, 0.5) is 0 Å². The molecule has 0 N–H and O–H groups in total. The highest BCUT2D eigenvalue weighted by Crippen LogP contribution is 2.37. The molecule has 1 unspecified atom stereocenters. The van der Waals surface area contributed by atoms with E-state index in [4.69, 9.17) is 4.74 Å². The fraction of sp³-hybridized carbons (Fsp3) is 0.938. The van der Waals surface area contributed by atoms with Crippen molar-refractivity contribution in [1.82, 2.24) is 0 Å². The van der Waals surface area contributed by atoms with E-state index in [2.05, 4.69) is 34.6 Å². The van der Waals surface area contributed by atoms with E-state index >= 15 is 0 Å². The topological polar surface area (TPSA) is 26.3 Å². The molecule has 0 aliphatic carbocycles. The summed E-state index contributed by atoms with van der Waals surface area (Å²) < 4.78 is 5.38. The molecule has 0 aromatic carbocycles. The Morgan fingerprint density at radius 3 is 2.22 bits per heavy atom. The highest BCUT2D eigenvalue weighted by Gasteiger charge is 2.40. The van der Waals surface area contributed by atoms with Crippen molar-refractivity contribution in [2.24, 2.45) is 17.3 Å². The van der Waals surface area contributed by atoms with E-state index in [1.807, 2.05) is 0 Å². The number of ether oxygens (including phenoxy) is 1. The number of methoxy groups -OCH3 is 1. The van der Waals surface area contributed by atoms with Gasteiger partial charge in [0.2, 0.25) is 0 Å². The van der Waals surface area contributed by atoms with Crippen molar-refractivity contribution in [3.8, 4) is 0 Å². The number of hydrogen-bond acceptors (Lipinski definition) is 2. The van der Waals surface area contributed by atoms with Crippen molar-refractivity contribution in [2.45, 2.75) is 66.7 Å². The van der Waals surface area contributed by atoms with Crippen LogP contribution in [0.2, 0.25) is 0 Å². The summed E-state index contributed by atoms with van der Waals surface area (Å²) in [7, 11) is 1.71. The van der Waals surface area contributed by atoms with Gasteiger partial charge in [0, 0.05) is 13.5 Å². The summed E-state index contributed by atoms with van der Waals surface area (Å²) in [6.07, 6.45) is 4.84. The van der Waals surface area contributed by atoms with Crippen molar-refractivity contribution in [3.05, 3.63) is 0 Å². The van der Waals surface area contributed by atoms with Gasteiger partial charge in [-0.15, -0.1) is 0 Å². The molecule has 2 nitrogen and oxygen atoms in total. The van der Waals surface area contributed by atoms with E-state index in [1.165, 1.54) is 0 Å². The Bertz CT molecular complexity index is 233. The summed E-state index contributed by atoms with van der Waals surface area (Å²) >= 11 is 0. The minimum Gasteiger partial charge on any atom is -0.384 e. The summed E-state index contributed by atoms with van der Waals surface area (Å²) in [5.74, 6) is 1.39. The number of unbranched alkanes of at least 4 members (excludes halogenated alkanes) is 1. The number of carbonyl (C=O) groups is 1. The molecule has 0 aromatic heterocycles. The Labute approximate surface area is 113 Å². The molecular formula is C16H32O2. The fourth-order valence-corrected chi connectivity index (χ4v) is 2.46. The molecule has 0 aliphatic heterocycles. The van der Waals surface area contributed by atoms with Crippen molar-refractivity contribution >= 4 is 5.78 Å².